The molecule has 0 atom stereocenters. The highest BCUT2D eigenvalue weighted by Gasteiger charge is 2.13. The second-order valence-electron chi connectivity index (χ2n) is 2.62. The second kappa shape index (κ2) is 5.36. The van der Waals surface area contributed by atoms with Gasteiger partial charge in [-0.15, -0.1) is 5.06 Å². The van der Waals surface area contributed by atoms with Gasteiger partial charge in [0.2, 0.25) is 0 Å². The second-order valence-corrected chi connectivity index (χ2v) is 2.62. The zero-order chi connectivity index (χ0) is 10.4. The van der Waals surface area contributed by atoms with Crippen LogP contribution in [0.1, 0.15) is 0 Å². The number of aliphatic carboxylic acids is 1. The quantitative estimate of drug-likeness (QED) is 0.615. The predicted octanol–water partition coefficient (Wildman–Crippen LogP) is -0.582. The molecule has 0 bridgehead atoms. The van der Waals surface area contributed by atoms with Crippen LogP contribution >= 0.6 is 0 Å². The van der Waals surface area contributed by atoms with Crippen LogP contribution in [0.4, 0.5) is 0 Å². The molecule has 0 amide bonds. The molecule has 1 fully saturated rings. The van der Waals surface area contributed by atoms with Gasteiger partial charge in [0, 0.05) is 12.2 Å². The van der Waals surface area contributed by atoms with Gasteiger partial charge in [-0.3, -0.25) is 0 Å². The Balaban J connectivity index is 2.28. The van der Waals surface area contributed by atoms with E-state index in [1.165, 1.54) is 5.06 Å². The van der Waals surface area contributed by atoms with Gasteiger partial charge < -0.3 is 14.7 Å². The Morgan fingerprint density at radius 3 is 2.50 bits per heavy atom. The van der Waals surface area contributed by atoms with Gasteiger partial charge in [0.1, 0.15) is 0 Å². The minimum Gasteiger partial charge on any atom is -0.478 e. The van der Waals surface area contributed by atoms with Crippen molar-refractivity contribution in [3.8, 4) is 0 Å². The van der Waals surface area contributed by atoms with Gasteiger partial charge >= 0.3 is 11.9 Å². The molecule has 1 N–H and O–H groups in total. The molecular formula is C8H11NO5. The molecule has 0 aliphatic carbocycles. The molecule has 1 heterocycles. The van der Waals surface area contributed by atoms with Crippen LogP contribution in [0.2, 0.25) is 0 Å². The lowest BCUT2D eigenvalue weighted by Crippen LogP contribution is -2.37. The van der Waals surface area contributed by atoms with Crippen molar-refractivity contribution in [3.05, 3.63) is 12.2 Å². The molecule has 0 saturated carbocycles. The van der Waals surface area contributed by atoms with E-state index in [1.54, 1.807) is 0 Å². The van der Waals surface area contributed by atoms with Crippen LogP contribution in [0.5, 0.6) is 0 Å². The summed E-state index contributed by atoms with van der Waals surface area (Å²) >= 11 is 0. The van der Waals surface area contributed by atoms with E-state index in [4.69, 9.17) is 14.7 Å². The predicted molar refractivity (Wildman–Crippen MR) is 45.3 cm³/mol. The number of rotatable bonds is 3. The van der Waals surface area contributed by atoms with E-state index >= 15 is 0 Å². The van der Waals surface area contributed by atoms with E-state index in [0.29, 0.717) is 26.3 Å². The number of carboxylic acid groups (broad SMARTS) is 1. The summed E-state index contributed by atoms with van der Waals surface area (Å²) in [6.07, 6.45) is 1.61. The third-order valence-electron chi connectivity index (χ3n) is 1.55. The first kappa shape index (κ1) is 10.7. The summed E-state index contributed by atoms with van der Waals surface area (Å²) in [7, 11) is 0. The summed E-state index contributed by atoms with van der Waals surface area (Å²) in [5.74, 6) is -1.86. The molecule has 1 rings (SSSR count). The molecule has 14 heavy (non-hydrogen) atoms. The average molecular weight is 201 g/mol. The highest BCUT2D eigenvalue weighted by atomic mass is 16.7. The highest BCUT2D eigenvalue weighted by Crippen LogP contribution is 1.98. The standard InChI is InChI=1S/C8H11NO5/c10-7(11)1-2-8(12)14-9-3-5-13-6-4-9/h1-2H,3-6H2,(H,10,11)/b2-1+. The molecular weight excluding hydrogens is 190 g/mol. The number of hydrogen-bond acceptors (Lipinski definition) is 5. The SMILES string of the molecule is O=C(O)/C=C/C(=O)ON1CCOCC1. The average Bonchev–Trinajstić information content (AvgIpc) is 2.16. The van der Waals surface area contributed by atoms with E-state index in [9.17, 15) is 9.59 Å². The van der Waals surface area contributed by atoms with Gasteiger partial charge in [-0.2, -0.15) is 0 Å². The Hall–Kier alpha value is -1.40. The molecule has 0 aromatic rings. The fourth-order valence-electron chi connectivity index (χ4n) is 0.935. The van der Waals surface area contributed by atoms with Crippen LogP contribution in [-0.2, 0) is 19.2 Å². The fraction of sp³-hybridized carbons (Fsp3) is 0.500. The number of hydroxylamine groups is 2. The molecule has 0 spiro atoms. The Morgan fingerprint density at radius 2 is 1.93 bits per heavy atom. The van der Waals surface area contributed by atoms with Crippen molar-refractivity contribution in [2.24, 2.45) is 0 Å². The maximum absolute atomic E-state index is 11.0. The number of carbonyl (C=O) groups excluding carboxylic acids is 1. The lowest BCUT2D eigenvalue weighted by molar-refractivity contribution is -0.199. The first-order valence-corrected chi connectivity index (χ1v) is 4.14. The van der Waals surface area contributed by atoms with Gasteiger partial charge in [-0.05, 0) is 0 Å². The maximum Gasteiger partial charge on any atom is 0.349 e. The zero-order valence-electron chi connectivity index (χ0n) is 7.51. The summed E-state index contributed by atoms with van der Waals surface area (Å²) in [5, 5.41) is 9.68. The summed E-state index contributed by atoms with van der Waals surface area (Å²) in [5.41, 5.74) is 0. The smallest absolute Gasteiger partial charge is 0.349 e. The van der Waals surface area contributed by atoms with Crippen LogP contribution in [0, 0.1) is 0 Å². The molecule has 0 unspecified atom stereocenters. The Morgan fingerprint density at radius 1 is 1.29 bits per heavy atom. The van der Waals surface area contributed by atoms with Crippen molar-refractivity contribution in [1.29, 1.82) is 0 Å². The molecule has 1 aliphatic rings. The molecule has 6 nitrogen and oxygen atoms in total. The van der Waals surface area contributed by atoms with E-state index in [2.05, 4.69) is 0 Å². The van der Waals surface area contributed by atoms with Crippen molar-refractivity contribution < 1.29 is 24.3 Å². The molecule has 1 aliphatic heterocycles. The monoisotopic (exact) mass is 201 g/mol. The van der Waals surface area contributed by atoms with Crippen molar-refractivity contribution in [2.45, 2.75) is 0 Å². The minimum atomic E-state index is -1.18. The van der Waals surface area contributed by atoms with E-state index < -0.39 is 11.9 Å². The summed E-state index contributed by atoms with van der Waals surface area (Å²) in [6, 6.07) is 0. The third-order valence-corrected chi connectivity index (χ3v) is 1.55. The molecule has 0 radical (unpaired) electrons. The minimum absolute atomic E-state index is 0.507. The highest BCUT2D eigenvalue weighted by molar-refractivity contribution is 5.90. The fourth-order valence-corrected chi connectivity index (χ4v) is 0.935. The van der Waals surface area contributed by atoms with Crippen LogP contribution in [0.15, 0.2) is 12.2 Å². The summed E-state index contributed by atoms with van der Waals surface area (Å²) in [6.45, 7) is 2.03. The summed E-state index contributed by atoms with van der Waals surface area (Å²) < 4.78 is 5.03. The van der Waals surface area contributed by atoms with Gasteiger partial charge in [0.15, 0.2) is 0 Å². The van der Waals surface area contributed by atoms with E-state index in [0.717, 1.165) is 12.2 Å². The van der Waals surface area contributed by atoms with Crippen LogP contribution in [0.3, 0.4) is 0 Å². The van der Waals surface area contributed by atoms with Gasteiger partial charge in [-0.25, -0.2) is 9.59 Å². The number of carboxylic acids is 1. The summed E-state index contributed by atoms with van der Waals surface area (Å²) in [4.78, 5) is 25.8. The van der Waals surface area contributed by atoms with Crippen molar-refractivity contribution >= 4 is 11.9 Å². The first-order chi connectivity index (χ1) is 6.68. The molecule has 1 saturated heterocycles. The number of hydrogen-bond donors (Lipinski definition) is 1. The molecule has 0 aromatic carbocycles. The Kier molecular flexibility index (Phi) is 4.09. The van der Waals surface area contributed by atoms with Crippen LogP contribution in [-0.4, -0.2) is 48.4 Å². The first-order valence-electron chi connectivity index (χ1n) is 4.14. The zero-order valence-corrected chi connectivity index (χ0v) is 7.51. The molecule has 6 heteroatoms. The lowest BCUT2D eigenvalue weighted by Gasteiger charge is -2.24. The number of carbonyl (C=O) groups is 2. The number of ether oxygens (including phenoxy) is 1. The Labute approximate surface area is 80.7 Å². The van der Waals surface area contributed by atoms with Crippen molar-refractivity contribution in [3.63, 3.8) is 0 Å². The Bertz CT molecular complexity index is 244. The largest absolute Gasteiger partial charge is 0.478 e. The van der Waals surface area contributed by atoms with Gasteiger partial charge in [-0.1, -0.05) is 0 Å². The molecule has 78 valence electrons. The van der Waals surface area contributed by atoms with Gasteiger partial charge in [0.05, 0.1) is 26.3 Å². The normalized spacial score (nSPS) is 18.3. The maximum atomic E-state index is 11.0. The van der Waals surface area contributed by atoms with Crippen LogP contribution < -0.4 is 0 Å². The number of nitrogens with zero attached hydrogens (tertiary/aromatic N) is 1. The van der Waals surface area contributed by atoms with Crippen LogP contribution in [0.25, 0.3) is 0 Å². The van der Waals surface area contributed by atoms with E-state index in [-0.39, 0.29) is 0 Å². The van der Waals surface area contributed by atoms with Gasteiger partial charge in [0.25, 0.3) is 0 Å². The topological polar surface area (TPSA) is 76.1 Å². The van der Waals surface area contributed by atoms with Crippen molar-refractivity contribution in [2.75, 3.05) is 26.3 Å². The van der Waals surface area contributed by atoms with E-state index in [1.807, 2.05) is 0 Å². The third kappa shape index (κ3) is 4.01. The lowest BCUT2D eigenvalue weighted by atomic mass is 10.5. The molecule has 0 aromatic heterocycles. The number of morpholine rings is 1. The van der Waals surface area contributed by atoms with Crippen molar-refractivity contribution in [1.82, 2.24) is 5.06 Å².